The number of nitrogens with zero attached hydrogens (tertiary/aromatic N) is 3. The fourth-order valence-corrected chi connectivity index (χ4v) is 4.85. The Morgan fingerprint density at radius 2 is 1.94 bits per heavy atom. The Kier molecular flexibility index (Phi) is 8.36. The van der Waals surface area contributed by atoms with Gasteiger partial charge in [-0.1, -0.05) is 42.2 Å². The maximum Gasteiger partial charge on any atom is 0.267 e. The minimum Gasteiger partial charge on any atom is -0.497 e. The molecule has 3 aromatic rings. The van der Waals surface area contributed by atoms with Crippen LogP contribution in [0.1, 0.15) is 16.7 Å². The van der Waals surface area contributed by atoms with Gasteiger partial charge in [0.15, 0.2) is 0 Å². The average molecular weight is 527 g/mol. The normalized spacial score (nSPS) is 14.8. The quantitative estimate of drug-likeness (QED) is 0.234. The van der Waals surface area contributed by atoms with E-state index in [2.05, 4.69) is 10.3 Å². The molecule has 2 N–H and O–H groups in total. The van der Waals surface area contributed by atoms with Crippen LogP contribution in [0.15, 0.2) is 52.3 Å². The van der Waals surface area contributed by atoms with Crippen molar-refractivity contribution in [2.24, 2.45) is 0 Å². The first-order valence-corrected chi connectivity index (χ1v) is 12.5. The Morgan fingerprint density at radius 3 is 2.67 bits per heavy atom. The second kappa shape index (κ2) is 11.7. The van der Waals surface area contributed by atoms with E-state index < -0.39 is 0 Å². The smallest absolute Gasteiger partial charge is 0.267 e. The van der Waals surface area contributed by atoms with E-state index in [1.54, 1.807) is 25.4 Å². The molecule has 11 heteroatoms. The number of methoxy groups -OCH3 is 1. The Hall–Kier alpha value is -3.25. The second-order valence-electron chi connectivity index (χ2n) is 7.99. The van der Waals surface area contributed by atoms with Gasteiger partial charge in [0.2, 0.25) is 0 Å². The van der Waals surface area contributed by atoms with Crippen molar-refractivity contribution in [3.8, 4) is 5.75 Å². The van der Waals surface area contributed by atoms with Gasteiger partial charge in [-0.25, -0.2) is 4.98 Å². The summed E-state index contributed by atoms with van der Waals surface area (Å²) in [6, 6.07) is 11.1. The summed E-state index contributed by atoms with van der Waals surface area (Å²) >= 11 is 6.63. The van der Waals surface area contributed by atoms with Crippen molar-refractivity contribution < 1.29 is 19.4 Å². The number of thiocarbonyl (C=S) groups is 1. The molecular weight excluding hydrogens is 500 g/mol. The molecule has 1 amide bonds. The van der Waals surface area contributed by atoms with E-state index in [1.807, 2.05) is 37.3 Å². The molecule has 36 heavy (non-hydrogen) atoms. The number of fused-ring (bicyclic) bond motifs is 1. The zero-order chi connectivity index (χ0) is 25.7. The molecular formula is C25H26N4O5S2. The number of pyridine rings is 1. The highest BCUT2D eigenvalue weighted by atomic mass is 32.2. The molecule has 9 nitrogen and oxygen atoms in total. The number of anilines is 1. The van der Waals surface area contributed by atoms with Crippen LogP contribution in [0.3, 0.4) is 0 Å². The molecule has 4 rings (SSSR count). The Labute approximate surface area is 217 Å². The molecule has 1 aliphatic rings. The highest BCUT2D eigenvalue weighted by Crippen LogP contribution is 2.34. The van der Waals surface area contributed by atoms with Crippen LogP contribution in [0.25, 0.3) is 11.7 Å². The van der Waals surface area contributed by atoms with Crippen molar-refractivity contribution in [2.75, 3.05) is 38.8 Å². The monoisotopic (exact) mass is 526 g/mol. The minimum absolute atomic E-state index is 0.0709. The third-order valence-electron chi connectivity index (χ3n) is 5.43. The summed E-state index contributed by atoms with van der Waals surface area (Å²) in [4.78, 5) is 33.2. The Bertz CT molecular complexity index is 1370. The molecule has 1 aromatic carbocycles. The molecule has 1 saturated heterocycles. The molecule has 188 valence electrons. The summed E-state index contributed by atoms with van der Waals surface area (Å²) in [5.41, 5.74) is 2.24. The van der Waals surface area contributed by atoms with E-state index in [1.165, 1.54) is 9.30 Å². The van der Waals surface area contributed by atoms with Crippen molar-refractivity contribution in [3.63, 3.8) is 0 Å². The number of thioether (sulfide) groups is 1. The number of carbonyl (C=O) groups excluding carboxylic acids is 1. The van der Waals surface area contributed by atoms with E-state index >= 15 is 0 Å². The van der Waals surface area contributed by atoms with Crippen LogP contribution in [0.4, 0.5) is 5.82 Å². The lowest BCUT2D eigenvalue weighted by atomic mass is 10.2. The standard InChI is InChI=1S/C25H26N4O5S2/c1-16-3-8-21-27-22(26-9-11-34-12-10-30)19(23(31)28(21)14-16)13-20-24(32)29(25(35)36-20)15-17-4-6-18(33-2)7-5-17/h3-8,13-14,26,30H,9-12,15H2,1-2H3/b20-13+. The molecule has 0 radical (unpaired) electrons. The number of amides is 1. The molecule has 1 fully saturated rings. The number of aliphatic hydroxyl groups excluding tert-OH is 1. The first kappa shape index (κ1) is 25.8. The number of aliphatic hydroxyl groups is 1. The summed E-state index contributed by atoms with van der Waals surface area (Å²) < 4.78 is 12.4. The summed E-state index contributed by atoms with van der Waals surface area (Å²) in [7, 11) is 1.60. The Morgan fingerprint density at radius 1 is 1.17 bits per heavy atom. The van der Waals surface area contributed by atoms with Crippen LogP contribution in [0.5, 0.6) is 5.75 Å². The topological polar surface area (TPSA) is 105 Å². The van der Waals surface area contributed by atoms with E-state index in [-0.39, 0.29) is 30.2 Å². The Balaban J connectivity index is 1.65. The van der Waals surface area contributed by atoms with Crippen LogP contribution < -0.4 is 15.6 Å². The van der Waals surface area contributed by atoms with Crippen LogP contribution >= 0.6 is 24.0 Å². The molecule has 0 unspecified atom stereocenters. The number of rotatable bonds is 10. The largest absolute Gasteiger partial charge is 0.497 e. The molecule has 2 aromatic heterocycles. The predicted octanol–water partition coefficient (Wildman–Crippen LogP) is 2.83. The van der Waals surface area contributed by atoms with E-state index in [9.17, 15) is 9.59 Å². The fraction of sp³-hybridized carbons (Fsp3) is 0.280. The van der Waals surface area contributed by atoms with Gasteiger partial charge in [0.25, 0.3) is 11.5 Å². The summed E-state index contributed by atoms with van der Waals surface area (Å²) in [5, 5.41) is 12.0. The highest BCUT2D eigenvalue weighted by Gasteiger charge is 2.32. The lowest BCUT2D eigenvalue weighted by Crippen LogP contribution is -2.27. The molecule has 1 aliphatic heterocycles. The van der Waals surface area contributed by atoms with Gasteiger partial charge in [-0.2, -0.15) is 0 Å². The van der Waals surface area contributed by atoms with Gasteiger partial charge >= 0.3 is 0 Å². The van der Waals surface area contributed by atoms with Crippen LogP contribution in [-0.4, -0.2) is 63.1 Å². The van der Waals surface area contributed by atoms with Crippen molar-refractivity contribution >= 4 is 51.7 Å². The van der Waals surface area contributed by atoms with E-state index in [0.29, 0.717) is 40.4 Å². The van der Waals surface area contributed by atoms with Gasteiger partial charge in [0, 0.05) is 12.7 Å². The minimum atomic E-state index is -0.303. The van der Waals surface area contributed by atoms with Gasteiger partial charge in [-0.3, -0.25) is 18.9 Å². The van der Waals surface area contributed by atoms with Gasteiger partial charge in [0.1, 0.15) is 21.5 Å². The number of benzene rings is 1. The van der Waals surface area contributed by atoms with E-state index in [0.717, 1.165) is 28.6 Å². The summed E-state index contributed by atoms with van der Waals surface area (Å²) in [5.74, 6) is 0.800. The SMILES string of the molecule is COc1ccc(CN2C(=O)/C(=C\c3c(NCCOCCO)nc4ccc(C)cn4c3=O)SC2=S)cc1. The fourth-order valence-electron chi connectivity index (χ4n) is 3.61. The number of carbonyl (C=O) groups is 1. The van der Waals surface area contributed by atoms with Crippen LogP contribution in [0.2, 0.25) is 0 Å². The summed E-state index contributed by atoms with van der Waals surface area (Å²) in [6.07, 6.45) is 3.26. The molecule has 3 heterocycles. The van der Waals surface area contributed by atoms with Gasteiger partial charge in [-0.05, 0) is 42.3 Å². The van der Waals surface area contributed by atoms with E-state index in [4.69, 9.17) is 26.8 Å². The molecule has 0 saturated carbocycles. The van der Waals surface area contributed by atoms with Crippen molar-refractivity contribution in [1.29, 1.82) is 0 Å². The molecule has 0 aliphatic carbocycles. The zero-order valence-corrected chi connectivity index (χ0v) is 21.5. The van der Waals surface area contributed by atoms with Crippen molar-refractivity contribution in [3.05, 3.63) is 74.5 Å². The number of ether oxygens (including phenoxy) is 2. The van der Waals surface area contributed by atoms with Crippen LogP contribution in [0, 0.1) is 6.92 Å². The zero-order valence-electron chi connectivity index (χ0n) is 19.9. The predicted molar refractivity (Wildman–Crippen MR) is 144 cm³/mol. The number of aromatic nitrogens is 2. The lowest BCUT2D eigenvalue weighted by Gasteiger charge is -2.15. The molecule has 0 spiro atoms. The van der Waals surface area contributed by atoms with Gasteiger partial charge < -0.3 is 19.9 Å². The molecule has 0 atom stereocenters. The number of hydrogen-bond acceptors (Lipinski definition) is 9. The second-order valence-corrected chi connectivity index (χ2v) is 9.67. The maximum atomic E-state index is 13.4. The molecule has 0 bridgehead atoms. The third kappa shape index (κ3) is 5.76. The first-order chi connectivity index (χ1) is 17.4. The number of hydrogen-bond donors (Lipinski definition) is 2. The van der Waals surface area contributed by atoms with Crippen LogP contribution in [-0.2, 0) is 16.1 Å². The van der Waals surface area contributed by atoms with Crippen molar-refractivity contribution in [2.45, 2.75) is 13.5 Å². The summed E-state index contributed by atoms with van der Waals surface area (Å²) in [6.45, 7) is 3.04. The lowest BCUT2D eigenvalue weighted by molar-refractivity contribution is -0.122. The van der Waals surface area contributed by atoms with Gasteiger partial charge in [0.05, 0.1) is 43.9 Å². The maximum absolute atomic E-state index is 13.4. The first-order valence-electron chi connectivity index (χ1n) is 11.2. The van der Waals surface area contributed by atoms with Crippen molar-refractivity contribution in [1.82, 2.24) is 14.3 Å². The average Bonchev–Trinajstić information content (AvgIpc) is 3.14. The highest BCUT2D eigenvalue weighted by molar-refractivity contribution is 8.26. The third-order valence-corrected chi connectivity index (χ3v) is 6.81. The number of aryl methyl sites for hydroxylation is 1. The van der Waals surface area contributed by atoms with Gasteiger partial charge in [-0.15, -0.1) is 0 Å². The number of nitrogens with one attached hydrogen (secondary N) is 1.